The number of thiazole rings is 1. The summed E-state index contributed by atoms with van der Waals surface area (Å²) in [5.41, 5.74) is 0.616. The number of nitrogens with one attached hydrogen (secondary N) is 1. The molecule has 0 spiro atoms. The fourth-order valence-corrected chi connectivity index (χ4v) is 4.75. The standard InChI is InChI=1S/C20H21F4N5O2S/c1-31-8-4-13-11-28(6-7-29(13)14(30)9-21)17-15-12(3-2-5-25-15)10-26-18-16(17)27-19(32-18)20(22,23)24/h2-3,5,10,13,26H,4,6-9,11H2,1H3. The van der Waals surface area contributed by atoms with Gasteiger partial charge in [0.15, 0.2) is 6.67 Å². The molecule has 4 heterocycles. The number of piperazine rings is 1. The number of fused-ring (bicyclic) bond motifs is 2. The van der Waals surface area contributed by atoms with Crippen LogP contribution in [0.1, 0.15) is 17.1 Å². The van der Waals surface area contributed by atoms with Gasteiger partial charge in [-0.1, -0.05) is 11.3 Å². The molecule has 172 valence electrons. The molecule has 4 rings (SSSR count). The second-order valence-electron chi connectivity index (χ2n) is 7.38. The lowest BCUT2D eigenvalue weighted by Crippen LogP contribution is -2.56. The van der Waals surface area contributed by atoms with E-state index < -0.39 is 23.8 Å². The van der Waals surface area contributed by atoms with E-state index in [0.717, 1.165) is 0 Å². The van der Waals surface area contributed by atoms with E-state index in [1.807, 2.05) is 11.0 Å². The lowest BCUT2D eigenvalue weighted by atomic mass is 10.1. The molecule has 0 aromatic carbocycles. The molecule has 1 fully saturated rings. The Balaban J connectivity index is 1.81. The van der Waals surface area contributed by atoms with Crippen LogP contribution < -0.4 is 15.9 Å². The predicted molar refractivity (Wildman–Crippen MR) is 111 cm³/mol. The molecule has 0 bridgehead atoms. The molecular weight excluding hydrogens is 450 g/mol. The molecule has 1 unspecified atom stereocenters. The van der Waals surface area contributed by atoms with Crippen molar-refractivity contribution in [3.63, 3.8) is 0 Å². The summed E-state index contributed by atoms with van der Waals surface area (Å²) in [7, 11) is 1.53. The van der Waals surface area contributed by atoms with Gasteiger partial charge in [0, 0.05) is 51.0 Å². The molecule has 1 N–H and O–H groups in total. The lowest BCUT2D eigenvalue weighted by Gasteiger charge is -2.42. The first-order chi connectivity index (χ1) is 15.3. The number of carbonyl (C=O) groups is 1. The van der Waals surface area contributed by atoms with E-state index in [9.17, 15) is 22.4 Å². The molecule has 2 aromatic heterocycles. The van der Waals surface area contributed by atoms with Crippen molar-refractivity contribution < 1.29 is 27.1 Å². The van der Waals surface area contributed by atoms with Gasteiger partial charge in [-0.25, -0.2) is 9.37 Å². The van der Waals surface area contributed by atoms with Crippen LogP contribution in [-0.2, 0) is 15.7 Å². The monoisotopic (exact) mass is 471 g/mol. The van der Waals surface area contributed by atoms with Gasteiger partial charge in [0.05, 0.1) is 17.1 Å². The molecule has 1 atom stereocenters. The average Bonchev–Trinajstić information content (AvgIpc) is 3.15. The van der Waals surface area contributed by atoms with E-state index in [-0.39, 0.29) is 23.3 Å². The molecule has 1 saturated heterocycles. The normalized spacial score (nSPS) is 18.4. The Kier molecular flexibility index (Phi) is 6.33. The summed E-state index contributed by atoms with van der Waals surface area (Å²) in [5.74, 6) is -0.612. The number of alkyl halides is 4. The van der Waals surface area contributed by atoms with Crippen molar-refractivity contribution in [2.24, 2.45) is 0 Å². The zero-order valence-corrected chi connectivity index (χ0v) is 18.0. The molecule has 2 aliphatic rings. The number of halogens is 4. The van der Waals surface area contributed by atoms with Gasteiger partial charge in [0.25, 0.3) is 5.91 Å². The summed E-state index contributed by atoms with van der Waals surface area (Å²) in [5, 5.41) is 3.44. The fraction of sp³-hybridized carbons (Fsp3) is 0.450. The molecule has 0 radical (unpaired) electrons. The van der Waals surface area contributed by atoms with E-state index in [4.69, 9.17) is 4.74 Å². The minimum absolute atomic E-state index is 0.159. The molecule has 12 heteroatoms. The number of carbonyl (C=O) groups excluding carboxylic acids is 1. The number of rotatable bonds is 5. The third kappa shape index (κ3) is 4.29. The smallest absolute Gasteiger partial charge is 0.385 e. The number of ether oxygens (including phenoxy) is 1. The number of anilines is 1. The highest BCUT2D eigenvalue weighted by atomic mass is 32.1. The van der Waals surface area contributed by atoms with E-state index in [2.05, 4.69) is 15.3 Å². The van der Waals surface area contributed by atoms with Crippen molar-refractivity contribution in [3.8, 4) is 0 Å². The number of amides is 1. The minimum atomic E-state index is -4.58. The van der Waals surface area contributed by atoms with Gasteiger partial charge in [-0.2, -0.15) is 13.2 Å². The molecule has 2 aliphatic heterocycles. The Bertz CT molecular complexity index is 1120. The van der Waals surface area contributed by atoms with Crippen LogP contribution in [0.4, 0.5) is 22.6 Å². The Morgan fingerprint density at radius 2 is 2.19 bits per heavy atom. The largest absolute Gasteiger partial charge is 0.443 e. The van der Waals surface area contributed by atoms with Gasteiger partial charge in [0.2, 0.25) is 5.01 Å². The first-order valence-electron chi connectivity index (χ1n) is 9.93. The maximum absolute atomic E-state index is 13.4. The topological polar surface area (TPSA) is 70.6 Å². The van der Waals surface area contributed by atoms with Crippen molar-refractivity contribution in [3.05, 3.63) is 39.6 Å². The van der Waals surface area contributed by atoms with E-state index in [0.29, 0.717) is 53.7 Å². The number of aromatic nitrogens is 2. The highest BCUT2D eigenvalue weighted by Crippen LogP contribution is 2.40. The molecule has 1 amide bonds. The Morgan fingerprint density at radius 3 is 2.91 bits per heavy atom. The molecule has 7 nitrogen and oxygen atoms in total. The molecule has 2 aromatic rings. The maximum Gasteiger partial charge on any atom is 0.443 e. The summed E-state index contributed by atoms with van der Waals surface area (Å²) >= 11 is 0.530. The number of hydrogen-bond donors (Lipinski definition) is 1. The van der Waals surface area contributed by atoms with Gasteiger partial charge >= 0.3 is 6.18 Å². The molecule has 0 saturated carbocycles. The maximum atomic E-state index is 13.4. The van der Waals surface area contributed by atoms with Crippen LogP contribution in [0.5, 0.6) is 0 Å². The summed E-state index contributed by atoms with van der Waals surface area (Å²) in [6.07, 6.45) is -0.940. The fourth-order valence-electron chi connectivity index (χ4n) is 3.95. The van der Waals surface area contributed by atoms with Crippen molar-refractivity contribution in [1.29, 1.82) is 0 Å². The van der Waals surface area contributed by atoms with Crippen molar-refractivity contribution in [1.82, 2.24) is 19.8 Å². The van der Waals surface area contributed by atoms with Gasteiger partial charge in [-0.3, -0.25) is 9.78 Å². The summed E-state index contributed by atoms with van der Waals surface area (Å²) < 4.78 is 58.4. The predicted octanol–water partition coefficient (Wildman–Crippen LogP) is 1.40. The molecule has 0 aliphatic carbocycles. The van der Waals surface area contributed by atoms with Crippen molar-refractivity contribution in [2.45, 2.75) is 18.6 Å². The highest BCUT2D eigenvalue weighted by molar-refractivity contribution is 7.16. The Morgan fingerprint density at radius 1 is 1.38 bits per heavy atom. The summed E-state index contributed by atoms with van der Waals surface area (Å²) in [4.78, 5) is 23.8. The SMILES string of the molecule is COCCC1CN(C2=c3ncccc3=CNc3sc(C(F)(F)F)nc32)CCN1C(=O)CF. The van der Waals surface area contributed by atoms with Crippen molar-refractivity contribution >= 4 is 34.1 Å². The minimum Gasteiger partial charge on any atom is -0.385 e. The zero-order valence-electron chi connectivity index (χ0n) is 17.2. The summed E-state index contributed by atoms with van der Waals surface area (Å²) in [6, 6.07) is 3.18. The van der Waals surface area contributed by atoms with Crippen LogP contribution >= 0.6 is 11.3 Å². The molecular formula is C20H21F4N5O2S. The van der Waals surface area contributed by atoms with E-state index in [1.54, 1.807) is 18.5 Å². The van der Waals surface area contributed by atoms with Gasteiger partial charge < -0.3 is 19.9 Å². The third-order valence-electron chi connectivity index (χ3n) is 5.40. The van der Waals surface area contributed by atoms with E-state index >= 15 is 0 Å². The third-order valence-corrected chi connectivity index (χ3v) is 6.44. The zero-order chi connectivity index (χ0) is 22.9. The molecule has 32 heavy (non-hydrogen) atoms. The first kappa shape index (κ1) is 22.5. The van der Waals surface area contributed by atoms with E-state index in [1.165, 1.54) is 12.0 Å². The van der Waals surface area contributed by atoms with Crippen LogP contribution in [0.3, 0.4) is 0 Å². The van der Waals surface area contributed by atoms with Gasteiger partial charge in [0.1, 0.15) is 10.7 Å². The van der Waals surface area contributed by atoms with Crippen LogP contribution in [-0.4, -0.2) is 71.7 Å². The van der Waals surface area contributed by atoms with Crippen LogP contribution in [0, 0.1) is 0 Å². The van der Waals surface area contributed by atoms with Gasteiger partial charge in [-0.15, -0.1) is 0 Å². The Hall–Kier alpha value is -2.73. The van der Waals surface area contributed by atoms with Crippen LogP contribution in [0.15, 0.2) is 18.3 Å². The second-order valence-corrected chi connectivity index (χ2v) is 8.37. The number of hydrogen-bond acceptors (Lipinski definition) is 7. The highest BCUT2D eigenvalue weighted by Gasteiger charge is 2.39. The van der Waals surface area contributed by atoms with Gasteiger partial charge in [-0.05, 0) is 18.6 Å². The van der Waals surface area contributed by atoms with Crippen LogP contribution in [0.25, 0.3) is 11.9 Å². The quantitative estimate of drug-likeness (QED) is 0.665. The first-order valence-corrected chi connectivity index (χ1v) is 10.7. The second kappa shape index (κ2) is 9.02. The summed E-state index contributed by atoms with van der Waals surface area (Å²) in [6.45, 7) is 0.0753. The average molecular weight is 471 g/mol. The number of nitrogens with zero attached hydrogens (tertiary/aromatic N) is 4. The number of methoxy groups -OCH3 is 1. The Labute approximate surface area is 185 Å². The lowest BCUT2D eigenvalue weighted by molar-refractivity contribution is -0.138. The van der Waals surface area contributed by atoms with Crippen LogP contribution in [0.2, 0.25) is 0 Å². The van der Waals surface area contributed by atoms with Crippen molar-refractivity contribution in [2.75, 3.05) is 45.3 Å². The number of pyridine rings is 1.